The number of benzene rings is 1. The number of aromatic nitrogens is 1. The van der Waals surface area contributed by atoms with Crippen LogP contribution in [-0.4, -0.2) is 34.7 Å². The molecule has 3 nitrogen and oxygen atoms in total. The molecule has 0 saturated carbocycles. The minimum Gasteiger partial charge on any atom is -0.396 e. The monoisotopic (exact) mass is 244 g/mol. The highest BCUT2D eigenvalue weighted by Crippen LogP contribution is 2.22. The molecule has 1 aromatic carbocycles. The van der Waals surface area contributed by atoms with Crippen LogP contribution in [-0.2, 0) is 6.54 Å². The van der Waals surface area contributed by atoms with Crippen molar-refractivity contribution in [3.8, 4) is 0 Å². The van der Waals surface area contributed by atoms with E-state index in [-0.39, 0.29) is 0 Å². The van der Waals surface area contributed by atoms with Crippen molar-refractivity contribution in [2.24, 2.45) is 5.92 Å². The second kappa shape index (κ2) is 5.12. The van der Waals surface area contributed by atoms with Crippen LogP contribution >= 0.6 is 0 Å². The first-order valence-electron chi connectivity index (χ1n) is 6.75. The fourth-order valence-corrected chi connectivity index (χ4v) is 2.95. The standard InChI is InChI=1S/C15H20N2O/c18-11-12-4-3-7-17(9-12)10-13-8-16-15-6-2-1-5-14(13)15/h1-2,5-6,8,12,16,18H,3-4,7,9-11H2/t12-/m1/s1. The zero-order chi connectivity index (χ0) is 12.4. The van der Waals surface area contributed by atoms with E-state index in [1.165, 1.54) is 29.3 Å². The third-order valence-corrected chi connectivity index (χ3v) is 3.93. The zero-order valence-corrected chi connectivity index (χ0v) is 10.6. The van der Waals surface area contributed by atoms with Gasteiger partial charge in [0, 0.05) is 36.8 Å². The van der Waals surface area contributed by atoms with Gasteiger partial charge in [-0.1, -0.05) is 18.2 Å². The van der Waals surface area contributed by atoms with Gasteiger partial charge >= 0.3 is 0 Å². The van der Waals surface area contributed by atoms with Crippen LogP contribution in [0.4, 0.5) is 0 Å². The van der Waals surface area contributed by atoms with Gasteiger partial charge in [-0.2, -0.15) is 0 Å². The molecule has 0 bridgehead atoms. The third-order valence-electron chi connectivity index (χ3n) is 3.93. The Labute approximate surface area is 107 Å². The van der Waals surface area contributed by atoms with Crippen LogP contribution in [0, 0.1) is 5.92 Å². The Hall–Kier alpha value is -1.32. The Kier molecular flexibility index (Phi) is 3.35. The van der Waals surface area contributed by atoms with Gasteiger partial charge in [0.25, 0.3) is 0 Å². The van der Waals surface area contributed by atoms with Gasteiger partial charge in [0.1, 0.15) is 0 Å². The molecule has 96 valence electrons. The summed E-state index contributed by atoms with van der Waals surface area (Å²) >= 11 is 0. The highest BCUT2D eigenvalue weighted by atomic mass is 16.3. The van der Waals surface area contributed by atoms with Crippen LogP contribution in [0.15, 0.2) is 30.5 Å². The number of piperidine rings is 1. The van der Waals surface area contributed by atoms with Crippen molar-refractivity contribution in [2.75, 3.05) is 19.7 Å². The lowest BCUT2D eigenvalue weighted by atomic mass is 9.98. The summed E-state index contributed by atoms with van der Waals surface area (Å²) in [6.45, 7) is 3.48. The van der Waals surface area contributed by atoms with Crippen LogP contribution < -0.4 is 0 Å². The molecule has 1 fully saturated rings. The number of rotatable bonds is 3. The van der Waals surface area contributed by atoms with E-state index >= 15 is 0 Å². The summed E-state index contributed by atoms with van der Waals surface area (Å²) in [5, 5.41) is 10.6. The van der Waals surface area contributed by atoms with Crippen molar-refractivity contribution in [2.45, 2.75) is 19.4 Å². The van der Waals surface area contributed by atoms with Crippen LogP contribution in [0.25, 0.3) is 10.9 Å². The van der Waals surface area contributed by atoms with Gasteiger partial charge in [-0.15, -0.1) is 0 Å². The van der Waals surface area contributed by atoms with E-state index in [2.05, 4.69) is 40.3 Å². The van der Waals surface area contributed by atoms with E-state index in [4.69, 9.17) is 0 Å². The maximum Gasteiger partial charge on any atom is 0.0471 e. The summed E-state index contributed by atoms with van der Waals surface area (Å²) in [7, 11) is 0. The second-order valence-corrected chi connectivity index (χ2v) is 5.29. The Bertz CT molecular complexity index is 520. The number of aliphatic hydroxyl groups is 1. The van der Waals surface area contributed by atoms with E-state index in [1.807, 2.05) is 0 Å². The molecule has 2 N–H and O–H groups in total. The highest BCUT2D eigenvalue weighted by molar-refractivity contribution is 5.82. The molecule has 1 aliphatic heterocycles. The average molecular weight is 244 g/mol. The molecule has 0 aliphatic carbocycles. The first-order chi connectivity index (χ1) is 8.86. The molecule has 0 spiro atoms. The number of nitrogens with one attached hydrogen (secondary N) is 1. The smallest absolute Gasteiger partial charge is 0.0471 e. The van der Waals surface area contributed by atoms with Crippen molar-refractivity contribution in [3.63, 3.8) is 0 Å². The fraction of sp³-hybridized carbons (Fsp3) is 0.467. The summed E-state index contributed by atoms with van der Waals surface area (Å²) in [6.07, 6.45) is 4.49. The Morgan fingerprint density at radius 3 is 3.11 bits per heavy atom. The molecule has 0 radical (unpaired) electrons. The number of aliphatic hydroxyl groups excluding tert-OH is 1. The molecule has 1 saturated heterocycles. The van der Waals surface area contributed by atoms with Crippen molar-refractivity contribution >= 4 is 10.9 Å². The number of fused-ring (bicyclic) bond motifs is 1. The molecule has 0 unspecified atom stereocenters. The lowest BCUT2D eigenvalue weighted by molar-refractivity contribution is 0.116. The van der Waals surface area contributed by atoms with E-state index in [0.717, 1.165) is 19.6 Å². The van der Waals surface area contributed by atoms with Gasteiger partial charge in [-0.3, -0.25) is 4.90 Å². The second-order valence-electron chi connectivity index (χ2n) is 5.29. The number of nitrogens with zero attached hydrogens (tertiary/aromatic N) is 1. The normalized spacial score (nSPS) is 21.5. The van der Waals surface area contributed by atoms with Gasteiger partial charge in [-0.05, 0) is 36.9 Å². The number of hydrogen-bond donors (Lipinski definition) is 2. The molecule has 2 aromatic rings. The van der Waals surface area contributed by atoms with E-state index in [1.54, 1.807) is 0 Å². The topological polar surface area (TPSA) is 39.3 Å². The fourth-order valence-electron chi connectivity index (χ4n) is 2.95. The van der Waals surface area contributed by atoms with Crippen molar-refractivity contribution < 1.29 is 5.11 Å². The van der Waals surface area contributed by atoms with E-state index < -0.39 is 0 Å². The summed E-state index contributed by atoms with van der Waals surface area (Å²) in [4.78, 5) is 5.79. The van der Waals surface area contributed by atoms with Gasteiger partial charge in [0.15, 0.2) is 0 Å². The van der Waals surface area contributed by atoms with Crippen LogP contribution in [0.5, 0.6) is 0 Å². The van der Waals surface area contributed by atoms with Crippen molar-refractivity contribution in [1.29, 1.82) is 0 Å². The minimum absolute atomic E-state index is 0.324. The van der Waals surface area contributed by atoms with Gasteiger partial charge in [0.2, 0.25) is 0 Å². The molecular weight excluding hydrogens is 224 g/mol. The van der Waals surface area contributed by atoms with E-state index in [0.29, 0.717) is 12.5 Å². The Morgan fingerprint density at radius 2 is 2.22 bits per heavy atom. The number of H-pyrrole nitrogens is 1. The van der Waals surface area contributed by atoms with E-state index in [9.17, 15) is 5.11 Å². The maximum atomic E-state index is 9.27. The number of likely N-dealkylation sites (tertiary alicyclic amines) is 1. The predicted molar refractivity (Wildman–Crippen MR) is 73.4 cm³/mol. The third kappa shape index (κ3) is 2.28. The largest absolute Gasteiger partial charge is 0.396 e. The summed E-state index contributed by atoms with van der Waals surface area (Å²) in [5.41, 5.74) is 2.58. The molecular formula is C15H20N2O. The minimum atomic E-state index is 0.324. The summed E-state index contributed by atoms with van der Waals surface area (Å²) in [6, 6.07) is 8.44. The molecule has 0 amide bonds. The predicted octanol–water partition coefficient (Wildman–Crippen LogP) is 2.37. The van der Waals surface area contributed by atoms with Crippen molar-refractivity contribution in [3.05, 3.63) is 36.0 Å². The maximum absolute atomic E-state index is 9.27. The van der Waals surface area contributed by atoms with Gasteiger partial charge in [0.05, 0.1) is 0 Å². The van der Waals surface area contributed by atoms with Crippen molar-refractivity contribution in [1.82, 2.24) is 9.88 Å². The SMILES string of the molecule is OC[C@@H]1CCCN(Cc2c[nH]c3ccccc23)C1. The quantitative estimate of drug-likeness (QED) is 0.870. The number of hydrogen-bond acceptors (Lipinski definition) is 2. The first-order valence-corrected chi connectivity index (χ1v) is 6.75. The molecule has 3 heteroatoms. The zero-order valence-electron chi connectivity index (χ0n) is 10.6. The Morgan fingerprint density at radius 1 is 1.33 bits per heavy atom. The lowest BCUT2D eigenvalue weighted by Crippen LogP contribution is -2.36. The molecule has 1 atom stereocenters. The van der Waals surface area contributed by atoms with Gasteiger partial charge < -0.3 is 10.1 Å². The molecule has 3 rings (SSSR count). The molecule has 18 heavy (non-hydrogen) atoms. The molecule has 1 aromatic heterocycles. The molecule has 1 aliphatic rings. The average Bonchev–Trinajstić information content (AvgIpc) is 2.83. The van der Waals surface area contributed by atoms with Crippen LogP contribution in [0.3, 0.4) is 0 Å². The summed E-state index contributed by atoms with van der Waals surface area (Å²) in [5.74, 6) is 0.462. The molecule has 2 heterocycles. The number of para-hydroxylation sites is 1. The van der Waals surface area contributed by atoms with Crippen LogP contribution in [0.2, 0.25) is 0 Å². The Balaban J connectivity index is 1.76. The first kappa shape index (κ1) is 11.8. The summed E-state index contributed by atoms with van der Waals surface area (Å²) < 4.78 is 0. The van der Waals surface area contributed by atoms with Crippen LogP contribution in [0.1, 0.15) is 18.4 Å². The lowest BCUT2D eigenvalue weighted by Gasteiger charge is -2.31. The highest BCUT2D eigenvalue weighted by Gasteiger charge is 2.19. The number of aromatic amines is 1. The van der Waals surface area contributed by atoms with Gasteiger partial charge in [-0.25, -0.2) is 0 Å².